The molecule has 1 amide bonds. The largest absolute Gasteiger partial charge is 0.422 e. The third-order valence-corrected chi connectivity index (χ3v) is 4.13. The molecule has 0 aromatic carbocycles. The van der Waals surface area contributed by atoms with Crippen molar-refractivity contribution in [1.82, 2.24) is 19.7 Å². The van der Waals surface area contributed by atoms with Crippen LogP contribution in [0, 0.1) is 0 Å². The molecule has 1 aliphatic rings. The highest BCUT2D eigenvalue weighted by atomic mass is 16.5. The molecule has 1 aliphatic heterocycles. The highest BCUT2D eigenvalue weighted by Gasteiger charge is 2.31. The molecule has 0 spiro atoms. The maximum absolute atomic E-state index is 12.9. The van der Waals surface area contributed by atoms with Gasteiger partial charge in [0.25, 0.3) is 5.91 Å². The summed E-state index contributed by atoms with van der Waals surface area (Å²) >= 11 is 0. The van der Waals surface area contributed by atoms with Crippen molar-refractivity contribution >= 4 is 5.91 Å². The van der Waals surface area contributed by atoms with Crippen molar-refractivity contribution in [3.63, 3.8) is 0 Å². The van der Waals surface area contributed by atoms with Gasteiger partial charge in [-0.1, -0.05) is 13.8 Å². The quantitative estimate of drug-likeness (QED) is 0.861. The van der Waals surface area contributed by atoms with E-state index in [0.717, 1.165) is 0 Å². The van der Waals surface area contributed by atoms with Gasteiger partial charge in [0.2, 0.25) is 11.8 Å². The zero-order valence-electron chi connectivity index (χ0n) is 14.6. The molecule has 0 unspecified atom stereocenters. The Hall–Kier alpha value is -2.15. The second kappa shape index (κ2) is 6.76. The van der Waals surface area contributed by atoms with Crippen LogP contribution in [0.15, 0.2) is 22.7 Å². The lowest BCUT2D eigenvalue weighted by Gasteiger charge is -2.31. The van der Waals surface area contributed by atoms with E-state index >= 15 is 0 Å². The number of hydrogen-bond acceptors (Lipinski definition) is 5. The standard InChI is InChI=1S/C17H24N4O3/c1-11(2)15-18-19-16(24-15)14-10-20(8-9-23-14)17(22)13-6-5-7-21(13)12(3)4/h5-7,11-12,14H,8-10H2,1-4H3/t14-/m1/s1. The zero-order chi connectivity index (χ0) is 17.3. The molecule has 3 rings (SSSR count). The number of carbonyl (C=O) groups excluding carboxylic acids is 1. The van der Waals surface area contributed by atoms with Crippen LogP contribution in [0.3, 0.4) is 0 Å². The molecule has 2 aromatic rings. The Bertz CT molecular complexity index is 704. The number of amides is 1. The summed E-state index contributed by atoms with van der Waals surface area (Å²) in [6.45, 7) is 9.54. The van der Waals surface area contributed by atoms with E-state index in [1.165, 1.54) is 0 Å². The van der Waals surface area contributed by atoms with E-state index in [0.29, 0.717) is 37.2 Å². The smallest absolute Gasteiger partial charge is 0.270 e. The summed E-state index contributed by atoms with van der Waals surface area (Å²) in [6, 6.07) is 3.99. The number of ether oxygens (including phenoxy) is 1. The fourth-order valence-electron chi connectivity index (χ4n) is 2.78. The van der Waals surface area contributed by atoms with E-state index in [4.69, 9.17) is 9.15 Å². The van der Waals surface area contributed by atoms with E-state index in [1.807, 2.05) is 36.7 Å². The SMILES string of the molecule is CC(C)c1nnc([C@H]2CN(C(=O)c3cccn3C(C)C)CCO2)o1. The van der Waals surface area contributed by atoms with Gasteiger partial charge in [0.05, 0.1) is 13.2 Å². The number of morpholine rings is 1. The first-order chi connectivity index (χ1) is 11.5. The molecule has 1 atom stereocenters. The molecule has 0 bridgehead atoms. The summed E-state index contributed by atoms with van der Waals surface area (Å²) in [5.74, 6) is 1.20. The van der Waals surface area contributed by atoms with Crippen LogP contribution in [0.5, 0.6) is 0 Å². The summed E-state index contributed by atoms with van der Waals surface area (Å²) in [4.78, 5) is 14.7. The van der Waals surface area contributed by atoms with Crippen molar-refractivity contribution in [1.29, 1.82) is 0 Å². The first kappa shape index (κ1) is 16.7. The van der Waals surface area contributed by atoms with Gasteiger partial charge in [-0.15, -0.1) is 10.2 Å². The van der Waals surface area contributed by atoms with Crippen molar-refractivity contribution in [3.8, 4) is 0 Å². The molecule has 0 aliphatic carbocycles. The summed E-state index contributed by atoms with van der Waals surface area (Å²) in [7, 11) is 0. The monoisotopic (exact) mass is 332 g/mol. The third-order valence-electron chi connectivity index (χ3n) is 4.13. The Kier molecular flexibility index (Phi) is 4.71. The van der Waals surface area contributed by atoms with Gasteiger partial charge >= 0.3 is 0 Å². The molecule has 7 nitrogen and oxygen atoms in total. The first-order valence-corrected chi connectivity index (χ1v) is 8.38. The fourth-order valence-corrected chi connectivity index (χ4v) is 2.78. The average molecular weight is 332 g/mol. The number of aromatic nitrogens is 3. The summed E-state index contributed by atoms with van der Waals surface area (Å²) in [5.41, 5.74) is 0.694. The van der Waals surface area contributed by atoms with Crippen LogP contribution < -0.4 is 0 Å². The normalized spacial score (nSPS) is 18.6. The molecule has 130 valence electrons. The molecule has 1 fully saturated rings. The highest BCUT2D eigenvalue weighted by molar-refractivity contribution is 5.93. The Balaban J connectivity index is 1.75. The van der Waals surface area contributed by atoms with Gasteiger partial charge in [-0.2, -0.15) is 0 Å². The second-order valence-corrected chi connectivity index (χ2v) is 6.64. The van der Waals surface area contributed by atoms with Crippen LogP contribution in [-0.2, 0) is 4.74 Å². The third kappa shape index (κ3) is 3.21. The summed E-state index contributed by atoms with van der Waals surface area (Å²) in [5, 5.41) is 8.12. The molecule has 0 N–H and O–H groups in total. The number of hydrogen-bond donors (Lipinski definition) is 0. The van der Waals surface area contributed by atoms with Gasteiger partial charge < -0.3 is 18.6 Å². The molecule has 0 saturated carbocycles. The topological polar surface area (TPSA) is 73.4 Å². The minimum Gasteiger partial charge on any atom is -0.422 e. The molecule has 0 radical (unpaired) electrons. The van der Waals surface area contributed by atoms with Crippen molar-refractivity contribution in [3.05, 3.63) is 35.8 Å². The minimum absolute atomic E-state index is 0.00518. The summed E-state index contributed by atoms with van der Waals surface area (Å²) < 4.78 is 13.4. The molecule has 3 heterocycles. The lowest BCUT2D eigenvalue weighted by atomic mass is 10.2. The van der Waals surface area contributed by atoms with Crippen molar-refractivity contribution in [2.24, 2.45) is 0 Å². The van der Waals surface area contributed by atoms with Gasteiger partial charge in [-0.3, -0.25) is 4.79 Å². The van der Waals surface area contributed by atoms with Gasteiger partial charge in [-0.05, 0) is 26.0 Å². The van der Waals surface area contributed by atoms with Gasteiger partial charge in [0.1, 0.15) is 5.69 Å². The number of carbonyl (C=O) groups is 1. The van der Waals surface area contributed by atoms with Crippen molar-refractivity contribution in [2.45, 2.75) is 45.8 Å². The Labute approximate surface area is 141 Å². The number of nitrogens with zero attached hydrogens (tertiary/aromatic N) is 4. The lowest BCUT2D eigenvalue weighted by molar-refractivity contribution is -0.0354. The van der Waals surface area contributed by atoms with Gasteiger partial charge in [0.15, 0.2) is 6.10 Å². The Morgan fingerprint density at radius 1 is 1.29 bits per heavy atom. The van der Waals surface area contributed by atoms with Crippen LogP contribution in [-0.4, -0.2) is 45.3 Å². The van der Waals surface area contributed by atoms with Crippen molar-refractivity contribution in [2.75, 3.05) is 19.7 Å². The first-order valence-electron chi connectivity index (χ1n) is 8.38. The molecular weight excluding hydrogens is 308 g/mol. The van der Waals surface area contributed by atoms with E-state index in [2.05, 4.69) is 24.0 Å². The molecule has 1 saturated heterocycles. The van der Waals surface area contributed by atoms with Crippen LogP contribution in [0.1, 0.15) is 68.0 Å². The molecule has 2 aromatic heterocycles. The minimum atomic E-state index is -0.370. The van der Waals surface area contributed by atoms with Crippen LogP contribution in [0.25, 0.3) is 0 Å². The van der Waals surface area contributed by atoms with E-state index in [-0.39, 0.29) is 24.0 Å². The maximum Gasteiger partial charge on any atom is 0.270 e. The number of rotatable bonds is 4. The molecule has 7 heteroatoms. The lowest BCUT2D eigenvalue weighted by Crippen LogP contribution is -2.43. The van der Waals surface area contributed by atoms with Crippen molar-refractivity contribution < 1.29 is 13.9 Å². The van der Waals surface area contributed by atoms with Crippen LogP contribution in [0.2, 0.25) is 0 Å². The Morgan fingerprint density at radius 3 is 2.75 bits per heavy atom. The van der Waals surface area contributed by atoms with Crippen LogP contribution >= 0.6 is 0 Å². The zero-order valence-corrected chi connectivity index (χ0v) is 14.6. The molecule has 24 heavy (non-hydrogen) atoms. The Morgan fingerprint density at radius 2 is 2.08 bits per heavy atom. The van der Waals surface area contributed by atoms with Gasteiger partial charge in [0, 0.05) is 24.7 Å². The van der Waals surface area contributed by atoms with Crippen LogP contribution in [0.4, 0.5) is 0 Å². The van der Waals surface area contributed by atoms with E-state index in [1.54, 1.807) is 4.90 Å². The second-order valence-electron chi connectivity index (χ2n) is 6.64. The van der Waals surface area contributed by atoms with E-state index in [9.17, 15) is 4.79 Å². The van der Waals surface area contributed by atoms with E-state index < -0.39 is 0 Å². The summed E-state index contributed by atoms with van der Waals surface area (Å²) in [6.07, 6.45) is 1.56. The fraction of sp³-hybridized carbons (Fsp3) is 0.588. The maximum atomic E-state index is 12.9. The predicted molar refractivity (Wildman–Crippen MR) is 87.8 cm³/mol. The molecular formula is C17H24N4O3. The van der Waals surface area contributed by atoms with Gasteiger partial charge in [-0.25, -0.2) is 0 Å². The highest BCUT2D eigenvalue weighted by Crippen LogP contribution is 2.24. The average Bonchev–Trinajstić information content (AvgIpc) is 3.23. The predicted octanol–water partition coefficient (Wildman–Crippen LogP) is 2.79.